The van der Waals surface area contributed by atoms with Crippen molar-refractivity contribution in [2.24, 2.45) is 5.73 Å². The number of nitrogens with two attached hydrogens (primary N) is 1. The van der Waals surface area contributed by atoms with E-state index in [9.17, 15) is 0 Å². The molecule has 0 amide bonds. The third kappa shape index (κ3) is 2.91. The highest BCUT2D eigenvalue weighted by atomic mass is 35.5. The fourth-order valence-corrected chi connectivity index (χ4v) is 2.28. The number of ether oxygens (including phenoxy) is 1. The van der Waals surface area contributed by atoms with Gasteiger partial charge in [0.2, 0.25) is 0 Å². The molecule has 1 fully saturated rings. The van der Waals surface area contributed by atoms with Crippen LogP contribution in [0.15, 0.2) is 42.5 Å². The van der Waals surface area contributed by atoms with Gasteiger partial charge in [-0.15, -0.1) is 0 Å². The molecule has 0 aliphatic heterocycles. The summed E-state index contributed by atoms with van der Waals surface area (Å²) in [6.07, 6.45) is 2.73. The maximum Gasteiger partial charge on any atom is 0.120 e. The molecule has 0 saturated heterocycles. The summed E-state index contributed by atoms with van der Waals surface area (Å²) >= 11 is 6.09. The van der Waals surface area contributed by atoms with E-state index >= 15 is 0 Å². The van der Waals surface area contributed by atoms with E-state index in [0.717, 1.165) is 40.3 Å². The van der Waals surface area contributed by atoms with E-state index in [-0.39, 0.29) is 0 Å². The van der Waals surface area contributed by atoms with Gasteiger partial charge in [-0.1, -0.05) is 29.8 Å². The molecule has 0 atom stereocenters. The van der Waals surface area contributed by atoms with Crippen molar-refractivity contribution in [3.63, 3.8) is 0 Å². The lowest BCUT2D eigenvalue weighted by atomic mass is 9.99. The van der Waals surface area contributed by atoms with Crippen LogP contribution in [0.25, 0.3) is 11.1 Å². The second kappa shape index (κ2) is 5.24. The molecule has 3 heteroatoms. The van der Waals surface area contributed by atoms with Gasteiger partial charge in [0, 0.05) is 11.6 Å². The van der Waals surface area contributed by atoms with Gasteiger partial charge in [-0.25, -0.2) is 0 Å². The highest BCUT2D eigenvalue weighted by Crippen LogP contribution is 2.32. The third-order valence-electron chi connectivity index (χ3n) is 3.26. The van der Waals surface area contributed by atoms with Crippen molar-refractivity contribution >= 4 is 11.6 Å². The predicted molar refractivity (Wildman–Crippen MR) is 78.4 cm³/mol. The minimum Gasteiger partial charge on any atom is -0.490 e. The Morgan fingerprint density at radius 3 is 2.74 bits per heavy atom. The van der Waals surface area contributed by atoms with Gasteiger partial charge in [0.25, 0.3) is 0 Å². The van der Waals surface area contributed by atoms with Gasteiger partial charge in [0.1, 0.15) is 5.75 Å². The summed E-state index contributed by atoms with van der Waals surface area (Å²) in [5, 5.41) is 0.723. The predicted octanol–water partition coefficient (Wildman–Crippen LogP) is 4.01. The van der Waals surface area contributed by atoms with E-state index in [0.29, 0.717) is 12.6 Å². The molecule has 1 saturated carbocycles. The molecule has 0 unspecified atom stereocenters. The van der Waals surface area contributed by atoms with E-state index < -0.39 is 0 Å². The van der Waals surface area contributed by atoms with Crippen molar-refractivity contribution in [3.05, 3.63) is 53.1 Å². The molecule has 98 valence electrons. The summed E-state index contributed by atoms with van der Waals surface area (Å²) < 4.78 is 5.83. The van der Waals surface area contributed by atoms with Gasteiger partial charge in [-0.3, -0.25) is 0 Å². The van der Waals surface area contributed by atoms with Gasteiger partial charge in [-0.05, 0) is 53.8 Å². The number of rotatable bonds is 4. The third-order valence-corrected chi connectivity index (χ3v) is 3.50. The van der Waals surface area contributed by atoms with Crippen LogP contribution < -0.4 is 10.5 Å². The molecule has 19 heavy (non-hydrogen) atoms. The maximum absolute atomic E-state index is 6.09. The Bertz CT molecular complexity index is 593. The molecule has 2 nitrogen and oxygen atoms in total. The summed E-state index contributed by atoms with van der Waals surface area (Å²) in [4.78, 5) is 0. The first kappa shape index (κ1) is 12.5. The van der Waals surface area contributed by atoms with Crippen LogP contribution in [0, 0.1) is 0 Å². The maximum atomic E-state index is 6.09. The summed E-state index contributed by atoms with van der Waals surface area (Å²) in [7, 11) is 0. The average molecular weight is 274 g/mol. The zero-order valence-corrected chi connectivity index (χ0v) is 11.4. The van der Waals surface area contributed by atoms with Crippen molar-refractivity contribution in [3.8, 4) is 16.9 Å². The van der Waals surface area contributed by atoms with Crippen molar-refractivity contribution in [2.75, 3.05) is 0 Å². The lowest BCUT2D eigenvalue weighted by Gasteiger charge is -2.11. The van der Waals surface area contributed by atoms with Gasteiger partial charge >= 0.3 is 0 Å². The molecule has 3 rings (SSSR count). The van der Waals surface area contributed by atoms with Crippen LogP contribution in [-0.2, 0) is 6.54 Å². The topological polar surface area (TPSA) is 35.2 Å². The second-order valence-electron chi connectivity index (χ2n) is 4.85. The fraction of sp³-hybridized carbons (Fsp3) is 0.250. The molecule has 0 spiro atoms. The van der Waals surface area contributed by atoms with Crippen molar-refractivity contribution in [2.45, 2.75) is 25.5 Å². The first-order valence-corrected chi connectivity index (χ1v) is 6.89. The van der Waals surface area contributed by atoms with Crippen LogP contribution in [0.5, 0.6) is 5.75 Å². The largest absolute Gasteiger partial charge is 0.490 e. The molecule has 0 radical (unpaired) electrons. The van der Waals surface area contributed by atoms with Crippen LogP contribution in [-0.4, -0.2) is 6.10 Å². The van der Waals surface area contributed by atoms with Gasteiger partial charge < -0.3 is 10.5 Å². The quantitative estimate of drug-likeness (QED) is 0.914. The number of benzene rings is 2. The van der Waals surface area contributed by atoms with Gasteiger partial charge in [-0.2, -0.15) is 0 Å². The molecule has 0 bridgehead atoms. The summed E-state index contributed by atoms with van der Waals surface area (Å²) in [6.45, 7) is 0.500. The fourth-order valence-electron chi connectivity index (χ4n) is 2.11. The first-order chi connectivity index (χ1) is 9.26. The normalized spacial score (nSPS) is 14.4. The standard InChI is InChI=1S/C16H16ClNO/c17-13-5-4-12(10-18)16(9-13)11-2-1-3-15(8-11)19-14-6-7-14/h1-5,8-9,14H,6-7,10,18H2. The number of hydrogen-bond donors (Lipinski definition) is 1. The van der Waals surface area contributed by atoms with E-state index in [1.54, 1.807) is 0 Å². The summed E-state index contributed by atoms with van der Waals surface area (Å²) in [5.74, 6) is 0.919. The molecule has 0 aromatic heterocycles. The molecule has 0 heterocycles. The lowest BCUT2D eigenvalue weighted by Crippen LogP contribution is -1.99. The molecule has 2 aromatic carbocycles. The van der Waals surface area contributed by atoms with E-state index in [1.807, 2.05) is 30.3 Å². The zero-order valence-electron chi connectivity index (χ0n) is 10.6. The Balaban J connectivity index is 1.98. The highest BCUT2D eigenvalue weighted by molar-refractivity contribution is 6.30. The lowest BCUT2D eigenvalue weighted by molar-refractivity contribution is 0.303. The first-order valence-electron chi connectivity index (χ1n) is 6.52. The molecular weight excluding hydrogens is 258 g/mol. The Morgan fingerprint density at radius 1 is 1.16 bits per heavy atom. The highest BCUT2D eigenvalue weighted by Gasteiger charge is 2.23. The second-order valence-corrected chi connectivity index (χ2v) is 5.29. The SMILES string of the molecule is NCc1ccc(Cl)cc1-c1cccc(OC2CC2)c1. The average Bonchev–Trinajstić information content (AvgIpc) is 3.23. The molecule has 2 N–H and O–H groups in total. The molecule has 2 aromatic rings. The van der Waals surface area contributed by atoms with Crippen LogP contribution >= 0.6 is 11.6 Å². The van der Waals surface area contributed by atoms with Crippen LogP contribution in [0.4, 0.5) is 0 Å². The van der Waals surface area contributed by atoms with E-state index in [2.05, 4.69) is 12.1 Å². The number of halogens is 1. The summed E-state index contributed by atoms with van der Waals surface area (Å²) in [6, 6.07) is 13.9. The minimum atomic E-state index is 0.406. The monoisotopic (exact) mass is 273 g/mol. The van der Waals surface area contributed by atoms with Crippen molar-refractivity contribution < 1.29 is 4.74 Å². The molecular formula is C16H16ClNO. The van der Waals surface area contributed by atoms with Crippen molar-refractivity contribution in [1.29, 1.82) is 0 Å². The smallest absolute Gasteiger partial charge is 0.120 e. The molecule has 1 aliphatic carbocycles. The minimum absolute atomic E-state index is 0.406. The van der Waals surface area contributed by atoms with Gasteiger partial charge in [0.05, 0.1) is 6.10 Å². The van der Waals surface area contributed by atoms with E-state index in [4.69, 9.17) is 22.1 Å². The summed E-state index contributed by atoms with van der Waals surface area (Å²) in [5.41, 5.74) is 9.06. The Labute approximate surface area is 118 Å². The van der Waals surface area contributed by atoms with Crippen LogP contribution in [0.3, 0.4) is 0 Å². The Morgan fingerprint density at radius 2 is 2.00 bits per heavy atom. The van der Waals surface area contributed by atoms with Gasteiger partial charge in [0.15, 0.2) is 0 Å². The number of hydrogen-bond acceptors (Lipinski definition) is 2. The molecule has 1 aliphatic rings. The Kier molecular flexibility index (Phi) is 3.45. The van der Waals surface area contributed by atoms with Crippen LogP contribution in [0.1, 0.15) is 18.4 Å². The van der Waals surface area contributed by atoms with Crippen molar-refractivity contribution in [1.82, 2.24) is 0 Å². The Hall–Kier alpha value is -1.51. The van der Waals surface area contributed by atoms with Crippen LogP contribution in [0.2, 0.25) is 5.02 Å². The zero-order chi connectivity index (χ0) is 13.2. The van der Waals surface area contributed by atoms with E-state index in [1.165, 1.54) is 0 Å².